The lowest BCUT2D eigenvalue weighted by atomic mass is 10.1. The van der Waals surface area contributed by atoms with Gasteiger partial charge in [-0.25, -0.2) is 0 Å². The fourth-order valence-electron chi connectivity index (χ4n) is 2.53. The van der Waals surface area contributed by atoms with Crippen molar-refractivity contribution in [1.29, 1.82) is 0 Å². The normalized spacial score (nSPS) is 10.8. The smallest absolute Gasteiger partial charge is 0.291 e. The molecule has 4 nitrogen and oxygen atoms in total. The highest BCUT2D eigenvalue weighted by molar-refractivity contribution is 6.32. The number of anilines is 1. The van der Waals surface area contributed by atoms with E-state index in [1.807, 2.05) is 39.0 Å². The van der Waals surface area contributed by atoms with Gasteiger partial charge in [-0.2, -0.15) is 0 Å². The molecule has 0 spiro atoms. The van der Waals surface area contributed by atoms with Crippen LogP contribution in [0, 0.1) is 20.8 Å². The summed E-state index contributed by atoms with van der Waals surface area (Å²) in [5.41, 5.74) is 3.54. The predicted octanol–water partition coefficient (Wildman–Crippen LogP) is 4.62. The van der Waals surface area contributed by atoms with E-state index in [-0.39, 0.29) is 11.2 Å². The molecule has 0 aliphatic rings. The highest BCUT2D eigenvalue weighted by atomic mass is 35.5. The molecule has 0 unspecified atom stereocenters. The molecule has 3 aromatic rings. The van der Waals surface area contributed by atoms with E-state index in [2.05, 4.69) is 5.32 Å². The molecular formula is C19H16ClNO3. The van der Waals surface area contributed by atoms with Crippen molar-refractivity contribution in [3.05, 3.63) is 74.1 Å². The summed E-state index contributed by atoms with van der Waals surface area (Å²) < 4.78 is 5.61. The van der Waals surface area contributed by atoms with Crippen LogP contribution in [-0.4, -0.2) is 5.91 Å². The Morgan fingerprint density at radius 1 is 1.04 bits per heavy atom. The number of nitrogens with one attached hydrogen (secondary N) is 1. The molecule has 2 aromatic carbocycles. The van der Waals surface area contributed by atoms with Crippen molar-refractivity contribution in [2.24, 2.45) is 0 Å². The number of carbonyl (C=O) groups excluding carboxylic acids is 1. The van der Waals surface area contributed by atoms with Gasteiger partial charge in [0.2, 0.25) is 0 Å². The fraction of sp³-hybridized carbons (Fsp3) is 0.158. The lowest BCUT2D eigenvalue weighted by Crippen LogP contribution is -2.15. The quantitative estimate of drug-likeness (QED) is 0.739. The molecule has 24 heavy (non-hydrogen) atoms. The molecule has 0 saturated carbocycles. The Morgan fingerprint density at radius 2 is 1.79 bits per heavy atom. The van der Waals surface area contributed by atoms with Crippen molar-refractivity contribution < 1.29 is 9.21 Å². The third-order valence-corrected chi connectivity index (χ3v) is 4.27. The molecule has 0 radical (unpaired) electrons. The first-order valence-corrected chi connectivity index (χ1v) is 7.85. The summed E-state index contributed by atoms with van der Waals surface area (Å²) in [6.45, 7) is 5.70. The highest BCUT2D eigenvalue weighted by Gasteiger charge is 2.14. The number of rotatable bonds is 2. The predicted molar refractivity (Wildman–Crippen MR) is 96.1 cm³/mol. The number of carbonyl (C=O) groups is 1. The minimum absolute atomic E-state index is 0.0332. The SMILES string of the molecule is Cc1ccc(NC(=O)c2cc(=O)c3cc(Cl)c(C)cc3o2)c(C)c1. The first kappa shape index (κ1) is 16.3. The third-order valence-electron chi connectivity index (χ3n) is 3.86. The number of amides is 1. The van der Waals surface area contributed by atoms with Gasteiger partial charge in [-0.3, -0.25) is 9.59 Å². The van der Waals surface area contributed by atoms with Gasteiger partial charge in [-0.05, 0) is 50.1 Å². The molecule has 0 aliphatic heterocycles. The van der Waals surface area contributed by atoms with Crippen molar-refractivity contribution in [3.8, 4) is 0 Å². The average Bonchev–Trinajstić information content (AvgIpc) is 2.51. The van der Waals surface area contributed by atoms with Gasteiger partial charge in [-0.15, -0.1) is 0 Å². The van der Waals surface area contributed by atoms with Crippen LogP contribution in [0.4, 0.5) is 5.69 Å². The summed E-state index contributed by atoms with van der Waals surface area (Å²) in [7, 11) is 0. The topological polar surface area (TPSA) is 59.3 Å². The van der Waals surface area contributed by atoms with E-state index >= 15 is 0 Å². The zero-order valence-electron chi connectivity index (χ0n) is 13.6. The Bertz CT molecular complexity index is 1020. The first-order chi connectivity index (χ1) is 11.3. The minimum atomic E-state index is -0.464. The Hall–Kier alpha value is -2.59. The molecule has 3 rings (SSSR count). The van der Waals surface area contributed by atoms with Gasteiger partial charge in [0.05, 0.1) is 5.39 Å². The summed E-state index contributed by atoms with van der Waals surface area (Å²) in [6, 6.07) is 10.1. The zero-order chi connectivity index (χ0) is 17.4. The number of benzene rings is 2. The number of aryl methyl sites for hydroxylation is 3. The van der Waals surface area contributed by atoms with Crippen molar-refractivity contribution in [3.63, 3.8) is 0 Å². The van der Waals surface area contributed by atoms with Crippen LogP contribution in [0.3, 0.4) is 0 Å². The summed E-state index contributed by atoms with van der Waals surface area (Å²) in [5.74, 6) is -0.497. The third kappa shape index (κ3) is 3.05. The van der Waals surface area contributed by atoms with E-state index < -0.39 is 5.91 Å². The maximum Gasteiger partial charge on any atom is 0.291 e. The average molecular weight is 342 g/mol. The second-order valence-electron chi connectivity index (χ2n) is 5.84. The van der Waals surface area contributed by atoms with Crippen LogP contribution in [0.25, 0.3) is 11.0 Å². The van der Waals surface area contributed by atoms with E-state index in [1.165, 1.54) is 6.07 Å². The van der Waals surface area contributed by atoms with Crippen LogP contribution >= 0.6 is 11.6 Å². The first-order valence-electron chi connectivity index (χ1n) is 7.48. The van der Waals surface area contributed by atoms with Crippen LogP contribution in [0.5, 0.6) is 0 Å². The lowest BCUT2D eigenvalue weighted by Gasteiger charge is -2.09. The van der Waals surface area contributed by atoms with E-state index in [0.29, 0.717) is 21.7 Å². The molecular weight excluding hydrogens is 326 g/mol. The van der Waals surface area contributed by atoms with Crippen LogP contribution in [0.2, 0.25) is 5.02 Å². The largest absolute Gasteiger partial charge is 0.451 e. The van der Waals surface area contributed by atoms with Crippen molar-refractivity contribution in [2.45, 2.75) is 20.8 Å². The molecule has 0 bridgehead atoms. The molecule has 1 aromatic heterocycles. The van der Waals surface area contributed by atoms with Gasteiger partial charge in [-0.1, -0.05) is 29.3 Å². The molecule has 0 atom stereocenters. The molecule has 5 heteroatoms. The molecule has 122 valence electrons. The van der Waals surface area contributed by atoms with Gasteiger partial charge >= 0.3 is 0 Å². The summed E-state index contributed by atoms with van der Waals surface area (Å²) in [4.78, 5) is 24.7. The maximum atomic E-state index is 12.4. The van der Waals surface area contributed by atoms with Crippen LogP contribution in [-0.2, 0) is 0 Å². The van der Waals surface area contributed by atoms with Crippen LogP contribution < -0.4 is 10.7 Å². The molecule has 1 N–H and O–H groups in total. The van der Waals surface area contributed by atoms with Crippen LogP contribution in [0.1, 0.15) is 27.2 Å². The molecule has 1 heterocycles. The number of fused-ring (bicyclic) bond motifs is 1. The monoisotopic (exact) mass is 341 g/mol. The second-order valence-corrected chi connectivity index (χ2v) is 6.25. The number of hydrogen-bond acceptors (Lipinski definition) is 3. The van der Waals surface area contributed by atoms with E-state index in [4.69, 9.17) is 16.0 Å². The Balaban J connectivity index is 2.01. The van der Waals surface area contributed by atoms with E-state index in [9.17, 15) is 9.59 Å². The molecule has 0 fully saturated rings. The number of hydrogen-bond donors (Lipinski definition) is 1. The van der Waals surface area contributed by atoms with Crippen molar-refractivity contribution in [1.82, 2.24) is 0 Å². The second kappa shape index (κ2) is 6.13. The number of halogens is 1. The molecule has 0 aliphatic carbocycles. The highest BCUT2D eigenvalue weighted by Crippen LogP contribution is 2.23. The van der Waals surface area contributed by atoms with Gasteiger partial charge in [0, 0.05) is 16.8 Å². The molecule has 0 saturated heterocycles. The van der Waals surface area contributed by atoms with Gasteiger partial charge < -0.3 is 9.73 Å². The van der Waals surface area contributed by atoms with Gasteiger partial charge in [0.25, 0.3) is 5.91 Å². The minimum Gasteiger partial charge on any atom is -0.451 e. The lowest BCUT2D eigenvalue weighted by molar-refractivity contribution is 0.0997. The Morgan fingerprint density at radius 3 is 2.50 bits per heavy atom. The fourth-order valence-corrected chi connectivity index (χ4v) is 2.69. The van der Waals surface area contributed by atoms with Crippen molar-refractivity contribution in [2.75, 3.05) is 5.32 Å². The summed E-state index contributed by atoms with van der Waals surface area (Å²) >= 11 is 6.04. The Kier molecular flexibility index (Phi) is 4.16. The maximum absolute atomic E-state index is 12.4. The van der Waals surface area contributed by atoms with E-state index in [1.54, 1.807) is 12.1 Å². The Labute approximate surface area is 144 Å². The zero-order valence-corrected chi connectivity index (χ0v) is 14.3. The van der Waals surface area contributed by atoms with Crippen molar-refractivity contribution >= 4 is 34.2 Å². The molecule has 1 amide bonds. The van der Waals surface area contributed by atoms with Gasteiger partial charge in [0.15, 0.2) is 11.2 Å². The van der Waals surface area contributed by atoms with E-state index in [0.717, 1.165) is 16.7 Å². The summed E-state index contributed by atoms with van der Waals surface area (Å²) in [6.07, 6.45) is 0. The standard InChI is InChI=1S/C19H16ClNO3/c1-10-4-5-15(12(3)6-10)21-19(23)18-9-16(22)13-8-14(20)11(2)7-17(13)24-18/h4-9H,1-3H3,(H,21,23). The van der Waals surface area contributed by atoms with Crippen LogP contribution in [0.15, 0.2) is 45.6 Å². The van der Waals surface area contributed by atoms with Gasteiger partial charge in [0.1, 0.15) is 5.58 Å². The summed E-state index contributed by atoms with van der Waals surface area (Å²) in [5, 5.41) is 3.62.